The van der Waals surface area contributed by atoms with E-state index in [1.807, 2.05) is 0 Å². The first-order valence-electron chi connectivity index (χ1n) is 24.2. The summed E-state index contributed by atoms with van der Waals surface area (Å²) in [5.74, 6) is 0. The van der Waals surface area contributed by atoms with E-state index in [0.717, 1.165) is 50.3 Å². The van der Waals surface area contributed by atoms with Crippen molar-refractivity contribution in [1.82, 2.24) is 0 Å². The van der Waals surface area contributed by atoms with Crippen LogP contribution in [0.3, 0.4) is 0 Å². The fourth-order valence-electron chi connectivity index (χ4n) is 13.2. The number of benzene rings is 9. The molecule has 0 fully saturated rings. The summed E-state index contributed by atoms with van der Waals surface area (Å²) in [4.78, 5) is 2.47. The zero-order valence-corrected chi connectivity index (χ0v) is 39.9. The van der Waals surface area contributed by atoms with E-state index in [1.165, 1.54) is 99.6 Å². The smallest absolute Gasteiger partial charge is 0.144 e. The highest BCUT2D eigenvalue weighted by Gasteiger charge is 2.49. The lowest BCUT2D eigenvalue weighted by Gasteiger charge is -2.32. The molecule has 0 aliphatic heterocycles. The van der Waals surface area contributed by atoms with Gasteiger partial charge in [-0.25, -0.2) is 0 Å². The number of rotatable bonds is 4. The third-order valence-electron chi connectivity index (χ3n) is 16.4. The zero-order chi connectivity index (χ0) is 46.2. The Labute approximate surface area is 397 Å². The molecule has 0 atom stereocenters. The minimum absolute atomic E-state index is 0.218. The summed E-state index contributed by atoms with van der Waals surface area (Å²) < 4.78 is 13.8. The maximum absolute atomic E-state index is 6.97. The molecule has 0 radical (unpaired) electrons. The molecule has 9 aromatic carbocycles. The molecule has 3 aliphatic rings. The molecule has 0 unspecified atom stereocenters. The van der Waals surface area contributed by atoms with Crippen LogP contribution in [0, 0.1) is 13.8 Å². The molecule has 0 saturated heterocycles. The minimum Gasteiger partial charge on any atom is -0.455 e. The summed E-state index contributed by atoms with van der Waals surface area (Å²) in [6, 6.07) is 60.7. The van der Waals surface area contributed by atoms with E-state index in [9.17, 15) is 0 Å². The van der Waals surface area contributed by atoms with Gasteiger partial charge < -0.3 is 13.7 Å². The minimum atomic E-state index is -0.313. The molecular weight excluding hydrogens is 827 g/mol. The number of hydrogen-bond donors (Lipinski definition) is 0. The van der Waals surface area contributed by atoms with E-state index >= 15 is 0 Å². The second-order valence-corrected chi connectivity index (χ2v) is 21.3. The van der Waals surface area contributed by atoms with E-state index in [1.54, 1.807) is 0 Å². The molecular formula is C65H51NO2. The molecule has 68 heavy (non-hydrogen) atoms. The highest BCUT2D eigenvalue weighted by Crippen LogP contribution is 2.64. The molecule has 2 heterocycles. The lowest BCUT2D eigenvalue weighted by atomic mass is 9.72. The summed E-state index contributed by atoms with van der Waals surface area (Å²) in [6.45, 7) is 18.9. The Balaban J connectivity index is 0.980. The van der Waals surface area contributed by atoms with Crippen molar-refractivity contribution in [1.29, 1.82) is 0 Å². The Morgan fingerprint density at radius 2 is 0.897 bits per heavy atom. The van der Waals surface area contributed by atoms with Gasteiger partial charge in [0.05, 0.1) is 0 Å². The monoisotopic (exact) mass is 877 g/mol. The van der Waals surface area contributed by atoms with Gasteiger partial charge in [-0.3, -0.25) is 0 Å². The van der Waals surface area contributed by atoms with Gasteiger partial charge in [-0.2, -0.15) is 0 Å². The molecule has 3 heteroatoms. The zero-order valence-electron chi connectivity index (χ0n) is 39.9. The molecule has 0 amide bonds. The summed E-state index contributed by atoms with van der Waals surface area (Å²) >= 11 is 0. The molecule has 0 saturated carbocycles. The van der Waals surface area contributed by atoms with Crippen LogP contribution in [0.5, 0.6) is 0 Å². The summed E-state index contributed by atoms with van der Waals surface area (Å²) in [5.41, 5.74) is 27.1. The maximum atomic E-state index is 6.97. The largest absolute Gasteiger partial charge is 0.455 e. The van der Waals surface area contributed by atoms with Crippen LogP contribution in [0.4, 0.5) is 17.1 Å². The first-order chi connectivity index (χ1) is 32.8. The fourth-order valence-corrected chi connectivity index (χ4v) is 13.2. The Hall–Kier alpha value is -7.62. The van der Waals surface area contributed by atoms with E-state index in [-0.39, 0.29) is 16.2 Å². The number of fused-ring (bicyclic) bond motifs is 19. The molecule has 0 bridgehead atoms. The van der Waals surface area contributed by atoms with Crippen LogP contribution < -0.4 is 4.90 Å². The van der Waals surface area contributed by atoms with Crippen LogP contribution >= 0.6 is 0 Å². The molecule has 3 aliphatic carbocycles. The molecule has 11 aromatic rings. The second-order valence-electron chi connectivity index (χ2n) is 21.3. The van der Waals surface area contributed by atoms with Gasteiger partial charge >= 0.3 is 0 Å². The van der Waals surface area contributed by atoms with E-state index < -0.39 is 0 Å². The number of furan rings is 2. The van der Waals surface area contributed by atoms with Crippen LogP contribution in [0.15, 0.2) is 173 Å². The average molecular weight is 878 g/mol. The molecule has 3 nitrogen and oxygen atoms in total. The van der Waals surface area contributed by atoms with Crippen molar-refractivity contribution >= 4 is 60.9 Å². The van der Waals surface area contributed by atoms with Crippen molar-refractivity contribution in [2.75, 3.05) is 4.90 Å². The quantitative estimate of drug-likeness (QED) is 0.176. The van der Waals surface area contributed by atoms with Crippen LogP contribution in [0.2, 0.25) is 0 Å². The lowest BCUT2D eigenvalue weighted by Crippen LogP contribution is -2.24. The molecule has 0 spiro atoms. The van der Waals surface area contributed by atoms with Gasteiger partial charge in [0.25, 0.3) is 0 Å². The normalized spacial score (nSPS) is 15.4. The average Bonchev–Trinajstić information content (AvgIpc) is 4.09. The van der Waals surface area contributed by atoms with Crippen molar-refractivity contribution in [3.05, 3.63) is 208 Å². The third kappa shape index (κ3) is 4.98. The first kappa shape index (κ1) is 39.5. The Bertz CT molecular complexity index is 4020. The Kier molecular flexibility index (Phi) is 7.73. The Morgan fingerprint density at radius 3 is 1.59 bits per heavy atom. The number of nitrogens with zero attached hydrogens (tertiary/aromatic N) is 1. The van der Waals surface area contributed by atoms with Gasteiger partial charge in [-0.15, -0.1) is 0 Å². The van der Waals surface area contributed by atoms with Gasteiger partial charge in [0.2, 0.25) is 0 Å². The first-order valence-corrected chi connectivity index (χ1v) is 24.2. The van der Waals surface area contributed by atoms with Crippen molar-refractivity contribution in [2.45, 2.75) is 71.6 Å². The van der Waals surface area contributed by atoms with Gasteiger partial charge in [0.15, 0.2) is 0 Å². The number of aryl methyl sites for hydroxylation is 2. The van der Waals surface area contributed by atoms with Crippen LogP contribution in [0.1, 0.15) is 86.1 Å². The number of para-hydroxylation sites is 3. The standard InChI is InChI=1S/C65H51NO2/c1-36-26-29-41(37(2)32-36)47-35-51-54(56-45-21-13-16-24-52(45)67-61(47)56)43-30-27-39(33-49(43)63(51,3)4)66(38-18-10-9-11-19-38)40-28-31-44-50(34-40)65(7,8)59-55(44)57-46-22-14-17-25-53(46)68-62(57)58-42-20-12-15-23-48(42)64(5,6)60(58)59/h9-35H,1-8H3. The summed E-state index contributed by atoms with van der Waals surface area (Å²) in [6.07, 6.45) is 0. The topological polar surface area (TPSA) is 29.5 Å². The lowest BCUT2D eigenvalue weighted by molar-refractivity contribution is 0.600. The van der Waals surface area contributed by atoms with Crippen LogP contribution in [-0.4, -0.2) is 0 Å². The SMILES string of the molecule is Cc1ccc(-c2cc3c(c4c2oc2ccccc24)-c2ccc(N(c4ccccc4)c4ccc5c(c4)C(C)(C)c4c6c(c7oc8ccccc8c7c4-5)-c4ccccc4C6(C)C)cc2C3(C)C)c(C)c1. The van der Waals surface area contributed by atoms with Crippen molar-refractivity contribution in [2.24, 2.45) is 0 Å². The molecule has 328 valence electrons. The predicted molar refractivity (Wildman–Crippen MR) is 283 cm³/mol. The van der Waals surface area contributed by atoms with Crippen LogP contribution in [0.25, 0.3) is 88.4 Å². The van der Waals surface area contributed by atoms with Gasteiger partial charge in [-0.1, -0.05) is 156 Å². The van der Waals surface area contributed by atoms with E-state index in [4.69, 9.17) is 8.83 Å². The van der Waals surface area contributed by atoms with Crippen molar-refractivity contribution in [3.8, 4) is 44.5 Å². The molecule has 14 rings (SSSR count). The fraction of sp³-hybridized carbons (Fsp3) is 0.169. The summed E-state index contributed by atoms with van der Waals surface area (Å²) in [5, 5.41) is 4.75. The number of hydrogen-bond acceptors (Lipinski definition) is 3. The van der Waals surface area contributed by atoms with Gasteiger partial charge in [0.1, 0.15) is 22.3 Å². The maximum Gasteiger partial charge on any atom is 0.144 e. The second kappa shape index (κ2) is 13.3. The van der Waals surface area contributed by atoms with E-state index in [2.05, 4.69) is 224 Å². The molecule has 2 aromatic heterocycles. The van der Waals surface area contributed by atoms with Gasteiger partial charge in [0, 0.05) is 66.0 Å². The van der Waals surface area contributed by atoms with E-state index in [0.29, 0.717) is 0 Å². The summed E-state index contributed by atoms with van der Waals surface area (Å²) in [7, 11) is 0. The molecule has 0 N–H and O–H groups in total. The van der Waals surface area contributed by atoms with Crippen molar-refractivity contribution < 1.29 is 8.83 Å². The highest BCUT2D eigenvalue weighted by atomic mass is 16.3. The highest BCUT2D eigenvalue weighted by molar-refractivity contribution is 6.21. The predicted octanol–water partition coefficient (Wildman–Crippen LogP) is 18.2. The number of anilines is 3. The Morgan fingerprint density at radius 1 is 0.368 bits per heavy atom. The van der Waals surface area contributed by atoms with Crippen LogP contribution in [-0.2, 0) is 16.2 Å². The third-order valence-corrected chi connectivity index (χ3v) is 16.4. The van der Waals surface area contributed by atoms with Crippen molar-refractivity contribution in [3.63, 3.8) is 0 Å². The van der Waals surface area contributed by atoms with Gasteiger partial charge in [-0.05, 0) is 141 Å².